The van der Waals surface area contributed by atoms with Crippen LogP contribution in [-0.4, -0.2) is 47.4 Å². The molecule has 2 aliphatic heterocycles. The number of hydrogen-bond acceptors (Lipinski definition) is 3. The summed E-state index contributed by atoms with van der Waals surface area (Å²) < 4.78 is 6.40. The van der Waals surface area contributed by atoms with Crippen molar-refractivity contribution in [3.63, 3.8) is 0 Å². The molecular formula is C15H27NO2. The van der Waals surface area contributed by atoms with Crippen LogP contribution in [0.15, 0.2) is 0 Å². The lowest BCUT2D eigenvalue weighted by atomic mass is 9.83. The molecule has 0 radical (unpaired) electrons. The van der Waals surface area contributed by atoms with Gasteiger partial charge in [0.15, 0.2) is 0 Å². The zero-order valence-electron chi connectivity index (χ0n) is 11.4. The van der Waals surface area contributed by atoms with Crippen LogP contribution in [0.4, 0.5) is 0 Å². The van der Waals surface area contributed by atoms with Gasteiger partial charge in [-0.1, -0.05) is 19.3 Å². The van der Waals surface area contributed by atoms with Gasteiger partial charge in [-0.05, 0) is 45.1 Å². The molecule has 1 spiro atoms. The van der Waals surface area contributed by atoms with Crippen LogP contribution >= 0.6 is 0 Å². The largest absolute Gasteiger partial charge is 0.392 e. The van der Waals surface area contributed by atoms with Gasteiger partial charge in [-0.15, -0.1) is 0 Å². The van der Waals surface area contributed by atoms with Crippen molar-refractivity contribution >= 4 is 0 Å². The number of piperidine rings is 1. The smallest absolute Gasteiger partial charge is 0.0710 e. The summed E-state index contributed by atoms with van der Waals surface area (Å²) in [5, 5.41) is 9.71. The number of β-amino-alcohol motifs (C(OH)–C–C–N with tert-alkyl or cyclic N) is 1. The molecule has 3 heteroatoms. The number of ether oxygens (including phenoxy) is 1. The van der Waals surface area contributed by atoms with Gasteiger partial charge in [0.1, 0.15) is 0 Å². The predicted octanol–water partition coefficient (Wildman–Crippen LogP) is 2.33. The van der Waals surface area contributed by atoms with Crippen molar-refractivity contribution in [2.75, 3.05) is 19.6 Å². The molecule has 0 amide bonds. The maximum atomic E-state index is 9.71. The second-order valence-corrected chi connectivity index (χ2v) is 6.58. The molecule has 104 valence electrons. The van der Waals surface area contributed by atoms with Gasteiger partial charge in [0.2, 0.25) is 0 Å². The fraction of sp³-hybridized carbons (Fsp3) is 1.00. The second kappa shape index (κ2) is 5.48. The van der Waals surface area contributed by atoms with Gasteiger partial charge in [0, 0.05) is 13.1 Å². The number of nitrogens with zero attached hydrogens (tertiary/aromatic N) is 1. The van der Waals surface area contributed by atoms with Gasteiger partial charge in [0.25, 0.3) is 0 Å². The molecule has 3 rings (SSSR count). The average Bonchev–Trinajstić information content (AvgIpc) is 2.73. The minimum absolute atomic E-state index is 0.108. The molecule has 2 unspecified atom stereocenters. The lowest BCUT2D eigenvalue weighted by Gasteiger charge is -2.35. The van der Waals surface area contributed by atoms with E-state index in [1.807, 2.05) is 0 Å². The first-order chi connectivity index (χ1) is 8.76. The topological polar surface area (TPSA) is 32.7 Å². The van der Waals surface area contributed by atoms with Gasteiger partial charge >= 0.3 is 0 Å². The van der Waals surface area contributed by atoms with E-state index in [1.54, 1.807) is 0 Å². The Hall–Kier alpha value is -0.120. The number of hydrogen-bond donors (Lipinski definition) is 1. The SMILES string of the molecule is OC1CCCN(CC2CCC3(CCCCC3)O2)C1. The summed E-state index contributed by atoms with van der Waals surface area (Å²) >= 11 is 0. The Morgan fingerprint density at radius 2 is 1.89 bits per heavy atom. The Morgan fingerprint density at radius 3 is 2.67 bits per heavy atom. The van der Waals surface area contributed by atoms with E-state index in [2.05, 4.69) is 4.90 Å². The molecule has 0 bridgehead atoms. The van der Waals surface area contributed by atoms with Crippen LogP contribution in [0.25, 0.3) is 0 Å². The first kappa shape index (κ1) is 12.9. The highest BCUT2D eigenvalue weighted by Crippen LogP contribution is 2.42. The van der Waals surface area contributed by atoms with Crippen molar-refractivity contribution in [1.82, 2.24) is 4.90 Å². The second-order valence-electron chi connectivity index (χ2n) is 6.58. The van der Waals surface area contributed by atoms with Crippen LogP contribution in [0.2, 0.25) is 0 Å². The Labute approximate surface area is 110 Å². The van der Waals surface area contributed by atoms with Gasteiger partial charge in [-0.3, -0.25) is 4.90 Å². The molecule has 2 saturated heterocycles. The normalized spacial score (nSPS) is 37.2. The summed E-state index contributed by atoms with van der Waals surface area (Å²) in [4.78, 5) is 2.40. The van der Waals surface area contributed by atoms with E-state index in [9.17, 15) is 5.11 Å². The van der Waals surface area contributed by atoms with Crippen molar-refractivity contribution in [2.24, 2.45) is 0 Å². The Kier molecular flexibility index (Phi) is 3.92. The van der Waals surface area contributed by atoms with E-state index in [-0.39, 0.29) is 11.7 Å². The fourth-order valence-electron chi connectivity index (χ4n) is 4.07. The van der Waals surface area contributed by atoms with Gasteiger partial charge in [-0.25, -0.2) is 0 Å². The first-order valence-corrected chi connectivity index (χ1v) is 7.84. The van der Waals surface area contributed by atoms with Gasteiger partial charge in [-0.2, -0.15) is 0 Å². The summed E-state index contributed by atoms with van der Waals surface area (Å²) in [7, 11) is 0. The van der Waals surface area contributed by atoms with Crippen molar-refractivity contribution in [2.45, 2.75) is 75.6 Å². The van der Waals surface area contributed by atoms with E-state index in [0.29, 0.717) is 6.10 Å². The number of likely N-dealkylation sites (tertiary alicyclic amines) is 1. The molecule has 0 aromatic carbocycles. The third kappa shape index (κ3) is 2.89. The van der Waals surface area contributed by atoms with Gasteiger partial charge < -0.3 is 9.84 Å². The standard InChI is InChI=1S/C15H27NO2/c17-13-5-4-10-16(11-13)12-14-6-9-15(18-14)7-2-1-3-8-15/h13-14,17H,1-12H2. The Morgan fingerprint density at radius 1 is 1.06 bits per heavy atom. The minimum Gasteiger partial charge on any atom is -0.392 e. The molecular weight excluding hydrogens is 226 g/mol. The van der Waals surface area contributed by atoms with Crippen LogP contribution in [0.1, 0.15) is 57.8 Å². The Balaban J connectivity index is 1.49. The van der Waals surface area contributed by atoms with E-state index in [1.165, 1.54) is 44.9 Å². The molecule has 2 atom stereocenters. The number of aliphatic hydroxyl groups excluding tert-OH is 1. The fourth-order valence-corrected chi connectivity index (χ4v) is 4.07. The van der Waals surface area contributed by atoms with Crippen LogP contribution in [0.5, 0.6) is 0 Å². The van der Waals surface area contributed by atoms with E-state index >= 15 is 0 Å². The minimum atomic E-state index is -0.108. The van der Waals surface area contributed by atoms with E-state index in [0.717, 1.165) is 32.5 Å². The molecule has 1 saturated carbocycles. The van der Waals surface area contributed by atoms with Crippen LogP contribution < -0.4 is 0 Å². The van der Waals surface area contributed by atoms with Crippen molar-refractivity contribution in [1.29, 1.82) is 0 Å². The van der Waals surface area contributed by atoms with E-state index in [4.69, 9.17) is 4.74 Å². The highest BCUT2D eigenvalue weighted by atomic mass is 16.5. The molecule has 18 heavy (non-hydrogen) atoms. The highest BCUT2D eigenvalue weighted by Gasteiger charge is 2.41. The molecule has 3 fully saturated rings. The quantitative estimate of drug-likeness (QED) is 0.820. The van der Waals surface area contributed by atoms with Gasteiger partial charge in [0.05, 0.1) is 17.8 Å². The lowest BCUT2D eigenvalue weighted by molar-refractivity contribution is -0.0762. The highest BCUT2D eigenvalue weighted by molar-refractivity contribution is 4.92. The van der Waals surface area contributed by atoms with E-state index < -0.39 is 0 Å². The van der Waals surface area contributed by atoms with Crippen LogP contribution in [0, 0.1) is 0 Å². The summed E-state index contributed by atoms with van der Waals surface area (Å²) in [5.74, 6) is 0. The van der Waals surface area contributed by atoms with Crippen molar-refractivity contribution in [3.05, 3.63) is 0 Å². The number of aliphatic hydroxyl groups is 1. The summed E-state index contributed by atoms with van der Waals surface area (Å²) in [6.45, 7) is 3.04. The molecule has 3 nitrogen and oxygen atoms in total. The Bertz CT molecular complexity index is 276. The summed E-state index contributed by atoms with van der Waals surface area (Å²) in [6, 6.07) is 0. The third-order valence-corrected chi connectivity index (χ3v) is 5.05. The van der Waals surface area contributed by atoms with Crippen LogP contribution in [-0.2, 0) is 4.74 Å². The predicted molar refractivity (Wildman–Crippen MR) is 71.6 cm³/mol. The maximum Gasteiger partial charge on any atom is 0.0710 e. The average molecular weight is 253 g/mol. The first-order valence-electron chi connectivity index (χ1n) is 7.84. The zero-order chi connectivity index (χ0) is 12.4. The monoisotopic (exact) mass is 253 g/mol. The zero-order valence-corrected chi connectivity index (χ0v) is 11.4. The summed E-state index contributed by atoms with van der Waals surface area (Å²) in [5.41, 5.74) is 0.247. The molecule has 1 N–H and O–H groups in total. The molecule has 0 aromatic rings. The van der Waals surface area contributed by atoms with Crippen molar-refractivity contribution in [3.8, 4) is 0 Å². The lowest BCUT2D eigenvalue weighted by Crippen LogP contribution is -2.43. The molecule has 2 heterocycles. The summed E-state index contributed by atoms with van der Waals surface area (Å²) in [6.07, 6.45) is 11.6. The van der Waals surface area contributed by atoms with Crippen LogP contribution in [0.3, 0.4) is 0 Å². The molecule has 1 aliphatic carbocycles. The molecule has 0 aromatic heterocycles. The maximum absolute atomic E-state index is 9.71. The molecule has 3 aliphatic rings. The third-order valence-electron chi connectivity index (χ3n) is 5.05. The number of rotatable bonds is 2. The van der Waals surface area contributed by atoms with Crippen molar-refractivity contribution < 1.29 is 9.84 Å².